The number of nitrogens with one attached hydrogen (secondary N) is 3. The minimum atomic E-state index is -4.84. The van der Waals surface area contributed by atoms with E-state index in [1.807, 2.05) is 20.2 Å². The van der Waals surface area contributed by atoms with Gasteiger partial charge in [0.15, 0.2) is 11.6 Å². The van der Waals surface area contributed by atoms with Gasteiger partial charge in [0.1, 0.15) is 5.75 Å². The SMILES string of the molecule is Cc1nn(C)cc1CNC1CCC(CC2(N)NC(=NCc3ccccc3OC(F)(F)F)NC=C2[N+](=O)[O-])CC1. The number of hydrogen-bond donors (Lipinski definition) is 4. The first kappa shape index (κ1) is 28.4. The molecule has 1 fully saturated rings. The second-order valence-corrected chi connectivity index (χ2v) is 10.1. The quantitative estimate of drug-likeness (QED) is 0.275. The Balaban J connectivity index is 1.37. The van der Waals surface area contributed by atoms with Crippen molar-refractivity contribution in [3.05, 3.63) is 69.3 Å². The summed E-state index contributed by atoms with van der Waals surface area (Å²) < 4.78 is 44.1. The molecule has 11 nitrogen and oxygen atoms in total. The Labute approximate surface area is 223 Å². The van der Waals surface area contributed by atoms with Crippen LogP contribution in [-0.4, -0.2) is 38.7 Å². The highest BCUT2D eigenvalue weighted by molar-refractivity contribution is 5.83. The van der Waals surface area contributed by atoms with Crippen molar-refractivity contribution in [1.29, 1.82) is 0 Å². The van der Waals surface area contributed by atoms with Crippen LogP contribution >= 0.6 is 0 Å². The fourth-order valence-electron chi connectivity index (χ4n) is 5.16. The van der Waals surface area contributed by atoms with E-state index in [2.05, 4.69) is 30.8 Å². The summed E-state index contributed by atoms with van der Waals surface area (Å²) in [7, 11) is 1.89. The predicted molar refractivity (Wildman–Crippen MR) is 138 cm³/mol. The van der Waals surface area contributed by atoms with Crippen LogP contribution in [0.1, 0.15) is 48.9 Å². The Hall–Kier alpha value is -3.65. The van der Waals surface area contributed by atoms with E-state index < -0.39 is 16.9 Å². The van der Waals surface area contributed by atoms with Crippen LogP contribution in [-0.2, 0) is 20.1 Å². The van der Waals surface area contributed by atoms with Crippen molar-refractivity contribution in [2.24, 2.45) is 23.7 Å². The number of hydrogen-bond acceptors (Lipinski definition) is 7. The second kappa shape index (κ2) is 11.6. The number of nitro groups is 1. The molecule has 2 heterocycles. The average Bonchev–Trinajstić information content (AvgIpc) is 3.18. The topological polar surface area (TPSA) is 145 Å². The lowest BCUT2D eigenvalue weighted by atomic mass is 9.79. The lowest BCUT2D eigenvalue weighted by Crippen LogP contribution is -2.64. The number of aromatic nitrogens is 2. The largest absolute Gasteiger partial charge is 0.573 e. The van der Waals surface area contributed by atoms with Crippen LogP contribution in [0.2, 0.25) is 0 Å². The van der Waals surface area contributed by atoms with E-state index >= 15 is 0 Å². The molecule has 1 aliphatic heterocycles. The molecule has 1 aliphatic carbocycles. The number of rotatable bonds is 9. The van der Waals surface area contributed by atoms with Crippen molar-refractivity contribution < 1.29 is 22.8 Å². The zero-order valence-electron chi connectivity index (χ0n) is 21.8. The van der Waals surface area contributed by atoms with Crippen molar-refractivity contribution >= 4 is 5.96 Å². The number of ether oxygens (including phenoxy) is 1. The van der Waals surface area contributed by atoms with Crippen LogP contribution in [0.5, 0.6) is 5.75 Å². The maximum Gasteiger partial charge on any atom is 0.573 e. The van der Waals surface area contributed by atoms with Gasteiger partial charge in [-0.05, 0) is 51.0 Å². The summed E-state index contributed by atoms with van der Waals surface area (Å²) >= 11 is 0. The van der Waals surface area contributed by atoms with E-state index in [-0.39, 0.29) is 35.4 Å². The number of nitrogens with two attached hydrogens (primary N) is 1. The summed E-state index contributed by atoms with van der Waals surface area (Å²) in [5, 5.41) is 25.4. The molecule has 1 saturated carbocycles. The van der Waals surface area contributed by atoms with E-state index in [1.165, 1.54) is 24.4 Å². The van der Waals surface area contributed by atoms with Crippen LogP contribution < -0.4 is 26.4 Å². The average molecular weight is 551 g/mol. The normalized spacial score (nSPS) is 24.6. The third-order valence-electron chi connectivity index (χ3n) is 7.10. The summed E-state index contributed by atoms with van der Waals surface area (Å²) in [5.74, 6) is -0.0915. The third-order valence-corrected chi connectivity index (χ3v) is 7.10. The summed E-state index contributed by atoms with van der Waals surface area (Å²) in [6.07, 6.45) is 2.17. The number of halogens is 3. The molecule has 1 aromatic heterocycles. The first-order chi connectivity index (χ1) is 18.4. The van der Waals surface area contributed by atoms with Crippen molar-refractivity contribution in [3.8, 4) is 5.75 Å². The first-order valence-corrected chi connectivity index (χ1v) is 12.7. The van der Waals surface area contributed by atoms with Crippen LogP contribution in [0.3, 0.4) is 0 Å². The van der Waals surface area contributed by atoms with Crippen LogP contribution in [0, 0.1) is 23.0 Å². The number of aryl methyl sites for hydroxylation is 2. The highest BCUT2D eigenvalue weighted by Gasteiger charge is 2.44. The van der Waals surface area contributed by atoms with Gasteiger partial charge in [-0.25, -0.2) is 4.99 Å². The van der Waals surface area contributed by atoms with Gasteiger partial charge >= 0.3 is 12.1 Å². The van der Waals surface area contributed by atoms with Gasteiger partial charge in [-0.2, -0.15) is 5.10 Å². The van der Waals surface area contributed by atoms with Crippen LogP contribution in [0.4, 0.5) is 13.2 Å². The van der Waals surface area contributed by atoms with Gasteiger partial charge in [0.05, 0.1) is 23.4 Å². The van der Waals surface area contributed by atoms with E-state index in [0.717, 1.165) is 43.5 Å². The molecular weight excluding hydrogens is 517 g/mol. The van der Waals surface area contributed by atoms with E-state index in [1.54, 1.807) is 10.7 Å². The van der Waals surface area contributed by atoms with Crippen LogP contribution in [0.15, 0.2) is 47.4 Å². The number of benzene rings is 1. The van der Waals surface area contributed by atoms with Crippen molar-refractivity contribution in [3.63, 3.8) is 0 Å². The van der Waals surface area contributed by atoms with E-state index in [0.29, 0.717) is 12.5 Å². The van der Waals surface area contributed by atoms with Crippen LogP contribution in [0.25, 0.3) is 0 Å². The Morgan fingerprint density at radius 2 is 2.00 bits per heavy atom. The van der Waals surface area contributed by atoms with Crippen molar-refractivity contribution in [2.45, 2.75) is 70.2 Å². The summed E-state index contributed by atoms with van der Waals surface area (Å²) in [4.78, 5) is 15.5. The minimum Gasteiger partial charge on any atom is -0.405 e. The molecule has 0 bridgehead atoms. The molecule has 2 aromatic rings. The number of nitrogens with zero attached hydrogens (tertiary/aromatic N) is 4. The molecule has 212 valence electrons. The number of alkyl halides is 3. The third kappa shape index (κ3) is 7.47. The second-order valence-electron chi connectivity index (χ2n) is 10.1. The molecule has 4 rings (SSSR count). The standard InChI is InChI=1S/C25H33F3N8O3/c1-16-19(15-35(2)34-16)13-30-20-9-7-17(8-10-20)11-24(29)22(36(37)38)14-32-23(33-24)31-12-18-5-3-4-6-21(18)39-25(26,27)28/h3-6,14-15,17,20,30H,7-13,29H2,1-2H3,(H2,31,32,33). The molecule has 0 saturated heterocycles. The van der Waals surface area contributed by atoms with E-state index in [4.69, 9.17) is 5.73 Å². The zero-order chi connectivity index (χ0) is 28.2. The predicted octanol–water partition coefficient (Wildman–Crippen LogP) is 3.19. The molecular formula is C25H33F3N8O3. The molecule has 0 radical (unpaired) electrons. The number of para-hydroxylation sites is 1. The molecule has 1 aromatic carbocycles. The van der Waals surface area contributed by atoms with Gasteiger partial charge in [0, 0.05) is 37.0 Å². The van der Waals surface area contributed by atoms with Gasteiger partial charge in [-0.1, -0.05) is 18.2 Å². The van der Waals surface area contributed by atoms with Gasteiger partial charge < -0.3 is 20.7 Å². The fourth-order valence-corrected chi connectivity index (χ4v) is 5.16. The molecule has 2 aliphatic rings. The highest BCUT2D eigenvalue weighted by Crippen LogP contribution is 2.33. The summed E-state index contributed by atoms with van der Waals surface area (Å²) in [5.41, 5.74) is 7.18. The molecule has 5 N–H and O–H groups in total. The molecule has 1 unspecified atom stereocenters. The Morgan fingerprint density at radius 3 is 2.64 bits per heavy atom. The molecule has 0 amide bonds. The number of guanidine groups is 1. The lowest BCUT2D eigenvalue weighted by molar-refractivity contribution is -0.437. The maximum atomic E-state index is 12.7. The van der Waals surface area contributed by atoms with Crippen molar-refractivity contribution in [2.75, 3.05) is 0 Å². The summed E-state index contributed by atoms with van der Waals surface area (Å²) in [6.45, 7) is 2.55. The molecule has 39 heavy (non-hydrogen) atoms. The van der Waals surface area contributed by atoms with Crippen molar-refractivity contribution in [1.82, 2.24) is 25.7 Å². The first-order valence-electron chi connectivity index (χ1n) is 12.7. The van der Waals surface area contributed by atoms with Gasteiger partial charge in [0.2, 0.25) is 0 Å². The Morgan fingerprint density at radius 1 is 1.28 bits per heavy atom. The molecule has 1 atom stereocenters. The Kier molecular flexibility index (Phi) is 8.45. The highest BCUT2D eigenvalue weighted by atomic mass is 19.4. The maximum absolute atomic E-state index is 12.7. The molecule has 0 spiro atoms. The smallest absolute Gasteiger partial charge is 0.405 e. The van der Waals surface area contributed by atoms with Gasteiger partial charge in [-0.3, -0.25) is 20.5 Å². The van der Waals surface area contributed by atoms with Gasteiger partial charge in [-0.15, -0.1) is 13.2 Å². The minimum absolute atomic E-state index is 0.132. The monoisotopic (exact) mass is 550 g/mol. The van der Waals surface area contributed by atoms with E-state index in [9.17, 15) is 23.3 Å². The fraction of sp³-hybridized carbons (Fsp3) is 0.520. The Bertz CT molecular complexity index is 1240. The lowest BCUT2D eigenvalue weighted by Gasteiger charge is -2.37. The van der Waals surface area contributed by atoms with Gasteiger partial charge in [0.25, 0.3) is 0 Å². The summed E-state index contributed by atoms with van der Waals surface area (Å²) in [6, 6.07) is 5.99. The number of aliphatic imine (C=N–C) groups is 1. The molecule has 14 heteroatoms. The zero-order valence-corrected chi connectivity index (χ0v) is 21.8.